The average molecular weight is 246 g/mol. The van der Waals surface area contributed by atoms with Gasteiger partial charge in [0.1, 0.15) is 5.60 Å². The van der Waals surface area contributed by atoms with Gasteiger partial charge in [-0.1, -0.05) is 57.4 Å². The van der Waals surface area contributed by atoms with Gasteiger partial charge in [-0.2, -0.15) is 0 Å². The molecule has 1 aliphatic rings. The van der Waals surface area contributed by atoms with Crippen molar-refractivity contribution in [3.63, 3.8) is 0 Å². The lowest BCUT2D eigenvalue weighted by Gasteiger charge is -2.31. The van der Waals surface area contributed by atoms with Crippen LogP contribution in [0.1, 0.15) is 67.8 Å². The Morgan fingerprint density at radius 3 is 2.39 bits per heavy atom. The Bertz CT molecular complexity index is 428. The van der Waals surface area contributed by atoms with Crippen molar-refractivity contribution in [2.24, 2.45) is 0 Å². The van der Waals surface area contributed by atoms with E-state index >= 15 is 0 Å². The van der Waals surface area contributed by atoms with Crippen molar-refractivity contribution in [2.75, 3.05) is 0 Å². The molecule has 18 heavy (non-hydrogen) atoms. The predicted octanol–water partition coefficient (Wildman–Crippen LogP) is 3.69. The Balaban J connectivity index is 2.33. The number of Topliss-reactive ketones (excluding diaryl/α,β-unsaturated/α-hetero) is 1. The van der Waals surface area contributed by atoms with Crippen molar-refractivity contribution >= 4 is 5.78 Å². The van der Waals surface area contributed by atoms with Gasteiger partial charge in [0.15, 0.2) is 5.78 Å². The van der Waals surface area contributed by atoms with Gasteiger partial charge < -0.3 is 5.11 Å². The van der Waals surface area contributed by atoms with Crippen molar-refractivity contribution in [3.05, 3.63) is 35.4 Å². The fourth-order valence-electron chi connectivity index (χ4n) is 2.82. The summed E-state index contributed by atoms with van der Waals surface area (Å²) in [7, 11) is 0. The van der Waals surface area contributed by atoms with Crippen molar-refractivity contribution < 1.29 is 9.90 Å². The summed E-state index contributed by atoms with van der Waals surface area (Å²) in [5.41, 5.74) is 0.627. The first-order valence-electron chi connectivity index (χ1n) is 6.91. The zero-order chi connectivity index (χ0) is 13.2. The Morgan fingerprint density at radius 1 is 1.17 bits per heavy atom. The summed E-state index contributed by atoms with van der Waals surface area (Å²) in [5.74, 6) is 0.226. The molecule has 0 amide bonds. The van der Waals surface area contributed by atoms with Crippen molar-refractivity contribution in [1.29, 1.82) is 0 Å². The Hall–Kier alpha value is -1.15. The molecule has 98 valence electrons. The molecule has 1 fully saturated rings. The second-order valence-corrected chi connectivity index (χ2v) is 5.66. The third-order valence-corrected chi connectivity index (χ3v) is 3.93. The first-order valence-corrected chi connectivity index (χ1v) is 6.91. The number of hydrogen-bond donors (Lipinski definition) is 1. The molecule has 1 aromatic carbocycles. The molecule has 2 rings (SSSR count). The van der Waals surface area contributed by atoms with Crippen LogP contribution in [0.4, 0.5) is 0 Å². The highest BCUT2D eigenvalue weighted by atomic mass is 16.3. The standard InChI is InChI=1S/C16H22O2/c1-12(2)13-8-4-5-9-14(13)15(17)16(18)10-6-3-7-11-16/h4-5,8-9,12,18H,3,6-7,10-11H2,1-2H3. The zero-order valence-electron chi connectivity index (χ0n) is 11.3. The highest BCUT2D eigenvalue weighted by Gasteiger charge is 2.38. The monoisotopic (exact) mass is 246 g/mol. The maximum atomic E-state index is 12.6. The van der Waals surface area contributed by atoms with E-state index in [-0.39, 0.29) is 5.78 Å². The van der Waals surface area contributed by atoms with Gasteiger partial charge in [0, 0.05) is 5.56 Å². The molecule has 1 N–H and O–H groups in total. The molecule has 0 spiro atoms. The van der Waals surface area contributed by atoms with Gasteiger partial charge in [-0.05, 0) is 24.3 Å². The molecule has 1 saturated carbocycles. The molecule has 0 aliphatic heterocycles. The molecule has 1 aromatic rings. The Kier molecular flexibility index (Phi) is 3.86. The summed E-state index contributed by atoms with van der Waals surface area (Å²) in [6.07, 6.45) is 4.25. The second kappa shape index (κ2) is 5.23. The van der Waals surface area contributed by atoms with Gasteiger partial charge in [0.05, 0.1) is 0 Å². The molecular formula is C16H22O2. The SMILES string of the molecule is CC(C)c1ccccc1C(=O)C1(O)CCCCC1. The molecular weight excluding hydrogens is 224 g/mol. The van der Waals surface area contributed by atoms with E-state index in [1.165, 1.54) is 0 Å². The lowest BCUT2D eigenvalue weighted by Crippen LogP contribution is -2.41. The summed E-state index contributed by atoms with van der Waals surface area (Å²) in [6, 6.07) is 7.68. The van der Waals surface area contributed by atoms with Crippen molar-refractivity contribution in [3.8, 4) is 0 Å². The van der Waals surface area contributed by atoms with Gasteiger partial charge >= 0.3 is 0 Å². The summed E-state index contributed by atoms with van der Waals surface area (Å²) in [6.45, 7) is 4.16. The number of carbonyl (C=O) groups excluding carboxylic acids is 1. The van der Waals surface area contributed by atoms with Gasteiger partial charge in [-0.3, -0.25) is 4.79 Å². The highest BCUT2D eigenvalue weighted by molar-refractivity contribution is 6.03. The fourth-order valence-corrected chi connectivity index (χ4v) is 2.82. The van der Waals surface area contributed by atoms with Crippen LogP contribution >= 0.6 is 0 Å². The summed E-state index contributed by atoms with van der Waals surface area (Å²) in [4.78, 5) is 12.6. The van der Waals surface area contributed by atoms with Crippen molar-refractivity contribution in [2.45, 2.75) is 57.5 Å². The van der Waals surface area contributed by atoms with Crippen LogP contribution in [0.2, 0.25) is 0 Å². The lowest BCUT2D eigenvalue weighted by atomic mass is 9.78. The lowest BCUT2D eigenvalue weighted by molar-refractivity contribution is 0.0115. The van der Waals surface area contributed by atoms with E-state index < -0.39 is 5.60 Å². The van der Waals surface area contributed by atoms with Crippen LogP contribution in [0.25, 0.3) is 0 Å². The average Bonchev–Trinajstić information content (AvgIpc) is 2.38. The third kappa shape index (κ3) is 2.49. The number of carbonyl (C=O) groups is 1. The molecule has 0 heterocycles. The first kappa shape index (κ1) is 13.3. The molecule has 0 unspecified atom stereocenters. The molecule has 0 saturated heterocycles. The molecule has 0 radical (unpaired) electrons. The normalized spacial score (nSPS) is 18.9. The number of aliphatic hydroxyl groups is 1. The third-order valence-electron chi connectivity index (χ3n) is 3.93. The quantitative estimate of drug-likeness (QED) is 0.826. The minimum absolute atomic E-state index is 0.0773. The molecule has 0 bridgehead atoms. The number of hydrogen-bond acceptors (Lipinski definition) is 2. The van der Waals surface area contributed by atoms with Gasteiger partial charge in [0.25, 0.3) is 0 Å². The first-order chi connectivity index (χ1) is 8.54. The summed E-state index contributed by atoms with van der Waals surface area (Å²) >= 11 is 0. The fraction of sp³-hybridized carbons (Fsp3) is 0.562. The van der Waals surface area contributed by atoms with E-state index in [1.54, 1.807) is 0 Å². The van der Waals surface area contributed by atoms with E-state index in [0.29, 0.717) is 24.3 Å². The Morgan fingerprint density at radius 2 is 1.78 bits per heavy atom. The van der Waals surface area contributed by atoms with Crippen LogP contribution in [-0.4, -0.2) is 16.5 Å². The Labute approximate surface area is 109 Å². The largest absolute Gasteiger partial charge is 0.382 e. The van der Waals surface area contributed by atoms with Crippen LogP contribution in [0.5, 0.6) is 0 Å². The number of ketones is 1. The molecule has 2 nitrogen and oxygen atoms in total. The van der Waals surface area contributed by atoms with E-state index in [0.717, 1.165) is 24.8 Å². The van der Waals surface area contributed by atoms with Crippen LogP contribution in [0.3, 0.4) is 0 Å². The minimum Gasteiger partial charge on any atom is -0.382 e. The minimum atomic E-state index is -1.12. The van der Waals surface area contributed by atoms with Crippen LogP contribution in [0.15, 0.2) is 24.3 Å². The molecule has 1 aliphatic carbocycles. The van der Waals surface area contributed by atoms with E-state index in [2.05, 4.69) is 13.8 Å². The van der Waals surface area contributed by atoms with Crippen LogP contribution < -0.4 is 0 Å². The topological polar surface area (TPSA) is 37.3 Å². The molecule has 0 atom stereocenters. The van der Waals surface area contributed by atoms with E-state index in [9.17, 15) is 9.90 Å². The van der Waals surface area contributed by atoms with Crippen LogP contribution in [0, 0.1) is 0 Å². The maximum Gasteiger partial charge on any atom is 0.194 e. The highest BCUT2D eigenvalue weighted by Crippen LogP contribution is 2.33. The predicted molar refractivity (Wildman–Crippen MR) is 72.9 cm³/mol. The van der Waals surface area contributed by atoms with Crippen molar-refractivity contribution in [1.82, 2.24) is 0 Å². The van der Waals surface area contributed by atoms with E-state index in [4.69, 9.17) is 0 Å². The van der Waals surface area contributed by atoms with Gasteiger partial charge in [0.2, 0.25) is 0 Å². The smallest absolute Gasteiger partial charge is 0.194 e. The second-order valence-electron chi connectivity index (χ2n) is 5.66. The van der Waals surface area contributed by atoms with Gasteiger partial charge in [-0.15, -0.1) is 0 Å². The van der Waals surface area contributed by atoms with Crippen LogP contribution in [-0.2, 0) is 0 Å². The zero-order valence-corrected chi connectivity index (χ0v) is 11.3. The van der Waals surface area contributed by atoms with E-state index in [1.807, 2.05) is 24.3 Å². The number of benzene rings is 1. The summed E-state index contributed by atoms with van der Waals surface area (Å²) < 4.78 is 0. The number of rotatable bonds is 3. The maximum absolute atomic E-state index is 12.6. The molecule has 0 aromatic heterocycles. The summed E-state index contributed by atoms with van der Waals surface area (Å²) in [5, 5.41) is 10.5. The van der Waals surface area contributed by atoms with Gasteiger partial charge in [-0.25, -0.2) is 0 Å². The molecule has 2 heteroatoms.